The van der Waals surface area contributed by atoms with E-state index in [2.05, 4.69) is 51.0 Å². The fourth-order valence-electron chi connectivity index (χ4n) is 3.07. The van der Waals surface area contributed by atoms with Crippen LogP contribution in [-0.4, -0.2) is 10.6 Å². The van der Waals surface area contributed by atoms with Crippen LogP contribution >= 0.6 is 27.5 Å². The molecule has 1 aromatic heterocycles. The summed E-state index contributed by atoms with van der Waals surface area (Å²) in [5.74, 6) is 0. The van der Waals surface area contributed by atoms with E-state index in [1.165, 1.54) is 0 Å². The van der Waals surface area contributed by atoms with Gasteiger partial charge in [0.05, 0.1) is 0 Å². The number of anilines is 1. The average Bonchev–Trinajstić information content (AvgIpc) is 2.91. The van der Waals surface area contributed by atoms with Gasteiger partial charge < -0.3 is 15.2 Å². The Morgan fingerprint density at radius 2 is 1.78 bits per heavy atom. The molecule has 0 saturated heterocycles. The molecule has 2 aromatic carbocycles. The third kappa shape index (κ3) is 4.54. The largest absolute Gasteiger partial charge is 0.334 e. The molecule has 0 unspecified atom stereocenters. The molecule has 2 N–H and O–H groups in total. The summed E-state index contributed by atoms with van der Waals surface area (Å²) < 4.78 is 3.17. The maximum atomic E-state index is 12.2. The van der Waals surface area contributed by atoms with Crippen molar-refractivity contribution in [1.82, 2.24) is 9.88 Å². The lowest BCUT2D eigenvalue weighted by atomic mass is 10.2. The Bertz CT molecular complexity index is 980. The molecule has 4 nitrogen and oxygen atoms in total. The molecule has 27 heavy (non-hydrogen) atoms. The molecule has 0 fully saturated rings. The molecule has 0 aliphatic rings. The molecule has 0 aliphatic heterocycles. The zero-order valence-electron chi connectivity index (χ0n) is 15.4. The van der Waals surface area contributed by atoms with Crippen LogP contribution in [0, 0.1) is 20.8 Å². The molecule has 0 radical (unpaired) electrons. The van der Waals surface area contributed by atoms with Crippen LogP contribution in [0.2, 0.25) is 5.02 Å². The van der Waals surface area contributed by atoms with Gasteiger partial charge in [0.2, 0.25) is 0 Å². The number of nitrogens with one attached hydrogen (secondary N) is 2. The predicted molar refractivity (Wildman–Crippen MR) is 115 cm³/mol. The van der Waals surface area contributed by atoms with Crippen LogP contribution in [0.1, 0.15) is 22.5 Å². The van der Waals surface area contributed by atoms with Gasteiger partial charge in [0, 0.05) is 38.8 Å². The Morgan fingerprint density at radius 1 is 1.07 bits per heavy atom. The maximum Gasteiger partial charge on any atom is 0.319 e. The minimum absolute atomic E-state index is 0.229. The van der Waals surface area contributed by atoms with E-state index < -0.39 is 0 Å². The van der Waals surface area contributed by atoms with E-state index in [1.54, 1.807) is 0 Å². The Balaban J connectivity index is 1.69. The fourth-order valence-corrected chi connectivity index (χ4v) is 3.44. The summed E-state index contributed by atoms with van der Waals surface area (Å²) in [5, 5.41) is 6.50. The first-order valence-electron chi connectivity index (χ1n) is 8.60. The van der Waals surface area contributed by atoms with Crippen LogP contribution in [-0.2, 0) is 6.54 Å². The topological polar surface area (TPSA) is 46.1 Å². The lowest BCUT2D eigenvalue weighted by Gasteiger charge is -2.11. The monoisotopic (exact) mass is 445 g/mol. The van der Waals surface area contributed by atoms with Crippen molar-refractivity contribution >= 4 is 39.2 Å². The third-order valence-electron chi connectivity index (χ3n) is 4.48. The lowest BCUT2D eigenvalue weighted by molar-refractivity contribution is 0.251. The number of carbonyl (C=O) groups is 1. The Labute approximate surface area is 172 Å². The molecule has 3 rings (SSSR count). The molecule has 1 heterocycles. The number of nitrogens with zero attached hydrogens (tertiary/aromatic N) is 1. The second kappa shape index (κ2) is 8.19. The van der Waals surface area contributed by atoms with Gasteiger partial charge in [0.25, 0.3) is 0 Å². The van der Waals surface area contributed by atoms with E-state index in [-0.39, 0.29) is 6.03 Å². The van der Waals surface area contributed by atoms with E-state index in [0.717, 1.165) is 38.4 Å². The quantitative estimate of drug-likeness (QED) is 0.497. The highest BCUT2D eigenvalue weighted by Gasteiger charge is 2.12. The van der Waals surface area contributed by atoms with Crippen molar-refractivity contribution in [2.45, 2.75) is 27.3 Å². The molecule has 3 aromatic rings. The zero-order chi connectivity index (χ0) is 19.6. The summed E-state index contributed by atoms with van der Waals surface area (Å²) >= 11 is 9.45. The van der Waals surface area contributed by atoms with Gasteiger partial charge in [-0.1, -0.05) is 27.5 Å². The van der Waals surface area contributed by atoms with Gasteiger partial charge in [-0.25, -0.2) is 4.79 Å². The van der Waals surface area contributed by atoms with Crippen molar-refractivity contribution in [3.05, 3.63) is 80.5 Å². The van der Waals surface area contributed by atoms with Crippen LogP contribution in [0.4, 0.5) is 10.5 Å². The molecule has 0 atom stereocenters. The first-order chi connectivity index (χ1) is 12.8. The van der Waals surface area contributed by atoms with Crippen molar-refractivity contribution in [2.75, 3.05) is 5.32 Å². The first kappa shape index (κ1) is 19.5. The standard InChI is InChI=1S/C21H21BrClN3O/c1-13-10-18(6-9-20(13)22)25-21(27)24-12-16-11-14(2)26(15(16)3)19-7-4-17(23)5-8-19/h4-11H,12H2,1-3H3,(H2,24,25,27). The molecule has 6 heteroatoms. The number of rotatable bonds is 4. The predicted octanol–water partition coefficient (Wildman–Crippen LogP) is 6.14. The highest BCUT2D eigenvalue weighted by Crippen LogP contribution is 2.23. The van der Waals surface area contributed by atoms with Crippen LogP contribution in [0.5, 0.6) is 0 Å². The van der Waals surface area contributed by atoms with Crippen LogP contribution in [0.25, 0.3) is 5.69 Å². The molecule has 0 aliphatic carbocycles. The summed E-state index contributed by atoms with van der Waals surface area (Å²) in [5.41, 5.74) is 6.16. The van der Waals surface area contributed by atoms with Gasteiger partial charge in [-0.05, 0) is 80.4 Å². The average molecular weight is 447 g/mol. The minimum atomic E-state index is -0.229. The van der Waals surface area contributed by atoms with Gasteiger partial charge in [0.1, 0.15) is 0 Å². The number of aromatic nitrogens is 1. The summed E-state index contributed by atoms with van der Waals surface area (Å²) in [6, 6.07) is 15.3. The Hall–Kier alpha value is -2.24. The highest BCUT2D eigenvalue weighted by molar-refractivity contribution is 9.10. The van der Waals surface area contributed by atoms with E-state index in [9.17, 15) is 4.79 Å². The van der Waals surface area contributed by atoms with Gasteiger partial charge >= 0.3 is 6.03 Å². The number of benzene rings is 2. The molecular weight excluding hydrogens is 426 g/mol. The molecular formula is C21H21BrClN3O. The van der Waals surface area contributed by atoms with Gasteiger partial charge in [0.15, 0.2) is 0 Å². The smallest absolute Gasteiger partial charge is 0.319 e. The molecule has 2 amide bonds. The van der Waals surface area contributed by atoms with Crippen LogP contribution in [0.3, 0.4) is 0 Å². The van der Waals surface area contributed by atoms with Crippen molar-refractivity contribution in [1.29, 1.82) is 0 Å². The van der Waals surface area contributed by atoms with Crippen molar-refractivity contribution in [2.24, 2.45) is 0 Å². The summed E-state index contributed by atoms with van der Waals surface area (Å²) in [4.78, 5) is 12.2. The van der Waals surface area contributed by atoms with E-state index >= 15 is 0 Å². The number of hydrogen-bond acceptors (Lipinski definition) is 1. The molecule has 0 bridgehead atoms. The number of halogens is 2. The number of carbonyl (C=O) groups excluding carboxylic acids is 1. The van der Waals surface area contributed by atoms with Gasteiger partial charge in [-0.15, -0.1) is 0 Å². The summed E-state index contributed by atoms with van der Waals surface area (Å²) in [6.45, 7) is 6.54. The SMILES string of the molecule is Cc1cc(NC(=O)NCc2cc(C)n(-c3ccc(Cl)cc3)c2C)ccc1Br. The van der Waals surface area contributed by atoms with Crippen LogP contribution in [0.15, 0.2) is 53.0 Å². The van der Waals surface area contributed by atoms with Crippen molar-refractivity contribution < 1.29 is 4.79 Å². The Morgan fingerprint density at radius 3 is 2.44 bits per heavy atom. The fraction of sp³-hybridized carbons (Fsp3) is 0.190. The third-order valence-corrected chi connectivity index (χ3v) is 5.62. The van der Waals surface area contributed by atoms with Gasteiger partial charge in [-0.2, -0.15) is 0 Å². The molecule has 0 spiro atoms. The first-order valence-corrected chi connectivity index (χ1v) is 9.77. The minimum Gasteiger partial charge on any atom is -0.334 e. The second-order valence-corrected chi connectivity index (χ2v) is 7.77. The summed E-state index contributed by atoms with van der Waals surface area (Å²) in [6.07, 6.45) is 0. The second-order valence-electron chi connectivity index (χ2n) is 6.48. The normalized spacial score (nSPS) is 10.7. The Kier molecular flexibility index (Phi) is 5.92. The van der Waals surface area contributed by atoms with E-state index in [4.69, 9.17) is 11.6 Å². The van der Waals surface area contributed by atoms with E-state index in [1.807, 2.05) is 49.4 Å². The highest BCUT2D eigenvalue weighted by atomic mass is 79.9. The summed E-state index contributed by atoms with van der Waals surface area (Å²) in [7, 11) is 0. The van der Waals surface area contributed by atoms with Crippen LogP contribution < -0.4 is 10.6 Å². The molecule has 0 saturated carbocycles. The number of urea groups is 1. The lowest BCUT2D eigenvalue weighted by Crippen LogP contribution is -2.28. The number of aryl methyl sites for hydroxylation is 2. The van der Waals surface area contributed by atoms with Crippen molar-refractivity contribution in [3.8, 4) is 5.69 Å². The van der Waals surface area contributed by atoms with Gasteiger partial charge in [-0.3, -0.25) is 0 Å². The number of amides is 2. The number of hydrogen-bond donors (Lipinski definition) is 2. The van der Waals surface area contributed by atoms with E-state index in [0.29, 0.717) is 11.6 Å². The maximum absolute atomic E-state index is 12.2. The zero-order valence-corrected chi connectivity index (χ0v) is 17.8. The van der Waals surface area contributed by atoms with Crippen molar-refractivity contribution in [3.63, 3.8) is 0 Å². The molecule has 140 valence electrons.